The quantitative estimate of drug-likeness (QED) is 0.781. The lowest BCUT2D eigenvalue weighted by atomic mass is 10.1. The highest BCUT2D eigenvalue weighted by Gasteiger charge is 2.37. The summed E-state index contributed by atoms with van der Waals surface area (Å²) in [4.78, 5) is 13.3. The molecule has 1 aromatic carbocycles. The van der Waals surface area contributed by atoms with Gasteiger partial charge in [0.05, 0.1) is 10.8 Å². The van der Waals surface area contributed by atoms with Crippen molar-refractivity contribution in [3.05, 3.63) is 34.2 Å². The molecule has 1 heterocycles. The molecule has 0 radical (unpaired) electrons. The minimum atomic E-state index is -4.67. The highest BCUT2D eigenvalue weighted by molar-refractivity contribution is 7.93. The van der Waals surface area contributed by atoms with E-state index in [2.05, 4.69) is 14.8 Å². The Morgan fingerprint density at radius 2 is 1.91 bits per heavy atom. The van der Waals surface area contributed by atoms with Crippen LogP contribution in [0.25, 0.3) is 11.4 Å². The summed E-state index contributed by atoms with van der Waals surface area (Å²) in [7, 11) is -3.71. The number of hydrogen-bond donors (Lipinski definition) is 3. The van der Waals surface area contributed by atoms with Gasteiger partial charge >= 0.3 is 11.9 Å². The van der Waals surface area contributed by atoms with Crippen LogP contribution in [0.5, 0.6) is 0 Å². The lowest BCUT2D eigenvalue weighted by Gasteiger charge is -2.13. The number of anilines is 1. The van der Waals surface area contributed by atoms with Crippen molar-refractivity contribution in [1.82, 2.24) is 15.2 Å². The van der Waals surface area contributed by atoms with E-state index in [4.69, 9.17) is 0 Å². The second-order valence-electron chi connectivity index (χ2n) is 5.17. The second kappa shape index (κ2) is 5.11. The lowest BCUT2D eigenvalue weighted by molar-refractivity contribution is -0.137. The molecule has 0 saturated heterocycles. The largest absolute Gasteiger partial charge is 0.416 e. The van der Waals surface area contributed by atoms with E-state index in [9.17, 15) is 26.4 Å². The number of aromatic amines is 2. The standard InChI is InChI=1S/C12H11F3N4O3S/c13-12(14,15)7-3-6(10-16-11(20)18-17-10)4-8(5-7)19-23(21,22)9-1-2-9/h3-5,9,19H,1-2H2,(H2,16,17,18,20). The maximum atomic E-state index is 13.0. The number of alkyl halides is 3. The summed E-state index contributed by atoms with van der Waals surface area (Å²) in [5, 5.41) is 5.02. The number of halogens is 3. The van der Waals surface area contributed by atoms with Crippen molar-refractivity contribution < 1.29 is 21.6 Å². The highest BCUT2D eigenvalue weighted by Crippen LogP contribution is 2.35. The molecule has 0 spiro atoms. The van der Waals surface area contributed by atoms with Crippen molar-refractivity contribution in [2.24, 2.45) is 0 Å². The van der Waals surface area contributed by atoms with E-state index in [1.807, 2.05) is 5.10 Å². The SMILES string of the molecule is O=c1[nH]nc(-c2cc(NS(=O)(=O)C3CC3)cc(C(F)(F)F)c2)[nH]1. The zero-order chi connectivity index (χ0) is 16.8. The molecule has 1 fully saturated rings. The third-order valence-electron chi connectivity index (χ3n) is 3.26. The molecule has 0 atom stereocenters. The first kappa shape index (κ1) is 15.6. The maximum Gasteiger partial charge on any atom is 0.416 e. The minimum Gasteiger partial charge on any atom is -0.289 e. The Morgan fingerprint density at radius 3 is 2.43 bits per heavy atom. The Morgan fingerprint density at radius 1 is 1.22 bits per heavy atom. The van der Waals surface area contributed by atoms with Gasteiger partial charge in [0.15, 0.2) is 5.82 Å². The van der Waals surface area contributed by atoms with Gasteiger partial charge in [-0.15, -0.1) is 0 Å². The fourth-order valence-electron chi connectivity index (χ4n) is 2.02. The van der Waals surface area contributed by atoms with Gasteiger partial charge in [0, 0.05) is 11.3 Å². The van der Waals surface area contributed by atoms with Crippen molar-refractivity contribution >= 4 is 15.7 Å². The van der Waals surface area contributed by atoms with Crippen LogP contribution in [0.15, 0.2) is 23.0 Å². The molecule has 3 rings (SSSR count). The smallest absolute Gasteiger partial charge is 0.289 e. The van der Waals surface area contributed by atoms with Crippen LogP contribution >= 0.6 is 0 Å². The Labute approximate surface area is 128 Å². The topological polar surface area (TPSA) is 108 Å². The van der Waals surface area contributed by atoms with Gasteiger partial charge in [-0.05, 0) is 31.0 Å². The Bertz CT molecular complexity index is 897. The van der Waals surface area contributed by atoms with E-state index in [1.54, 1.807) is 0 Å². The van der Waals surface area contributed by atoms with Gasteiger partial charge in [0.25, 0.3) is 0 Å². The minimum absolute atomic E-state index is 0.0633. The summed E-state index contributed by atoms with van der Waals surface area (Å²) in [6.45, 7) is 0. The molecular formula is C12H11F3N4O3S. The molecule has 3 N–H and O–H groups in total. The molecule has 1 aliphatic rings. The molecule has 0 bridgehead atoms. The maximum absolute atomic E-state index is 13.0. The summed E-state index contributed by atoms with van der Waals surface area (Å²) < 4.78 is 64.9. The monoisotopic (exact) mass is 348 g/mol. The van der Waals surface area contributed by atoms with Gasteiger partial charge in [-0.25, -0.2) is 18.3 Å². The molecule has 0 unspecified atom stereocenters. The fourth-order valence-corrected chi connectivity index (χ4v) is 3.39. The first-order valence-corrected chi connectivity index (χ1v) is 8.09. The number of hydrogen-bond acceptors (Lipinski definition) is 4. The third-order valence-corrected chi connectivity index (χ3v) is 5.13. The normalized spacial score (nSPS) is 15.6. The fraction of sp³-hybridized carbons (Fsp3) is 0.333. The molecule has 1 saturated carbocycles. The predicted molar refractivity (Wildman–Crippen MR) is 75.2 cm³/mol. The molecule has 7 nitrogen and oxygen atoms in total. The number of benzene rings is 1. The molecule has 2 aromatic rings. The van der Waals surface area contributed by atoms with E-state index in [0.717, 1.165) is 6.07 Å². The molecule has 0 aliphatic heterocycles. The van der Waals surface area contributed by atoms with Crippen LogP contribution in [0.2, 0.25) is 0 Å². The van der Waals surface area contributed by atoms with E-state index < -0.39 is 32.7 Å². The molecule has 23 heavy (non-hydrogen) atoms. The third kappa shape index (κ3) is 3.38. The van der Waals surface area contributed by atoms with Crippen LogP contribution in [-0.4, -0.2) is 28.8 Å². The highest BCUT2D eigenvalue weighted by atomic mass is 32.2. The zero-order valence-electron chi connectivity index (χ0n) is 11.4. The van der Waals surface area contributed by atoms with Gasteiger partial charge in [0.1, 0.15) is 0 Å². The van der Waals surface area contributed by atoms with E-state index in [1.165, 1.54) is 6.07 Å². The van der Waals surface area contributed by atoms with Gasteiger partial charge < -0.3 is 0 Å². The first-order valence-electron chi connectivity index (χ1n) is 6.54. The zero-order valence-corrected chi connectivity index (χ0v) is 12.3. The van der Waals surface area contributed by atoms with Gasteiger partial charge in [0.2, 0.25) is 10.0 Å². The van der Waals surface area contributed by atoms with E-state index >= 15 is 0 Å². The molecule has 0 amide bonds. The number of nitrogens with zero attached hydrogens (tertiary/aromatic N) is 1. The van der Waals surface area contributed by atoms with Crippen LogP contribution < -0.4 is 10.4 Å². The number of rotatable bonds is 4. The van der Waals surface area contributed by atoms with Crippen molar-refractivity contribution in [2.75, 3.05) is 4.72 Å². The van der Waals surface area contributed by atoms with Crippen molar-refractivity contribution in [3.63, 3.8) is 0 Å². The second-order valence-corrected chi connectivity index (χ2v) is 7.13. The Hall–Kier alpha value is -2.30. The van der Waals surface area contributed by atoms with Crippen LogP contribution in [0, 0.1) is 0 Å². The van der Waals surface area contributed by atoms with Crippen molar-refractivity contribution in [1.29, 1.82) is 0 Å². The van der Waals surface area contributed by atoms with Gasteiger partial charge in [-0.1, -0.05) is 0 Å². The van der Waals surface area contributed by atoms with E-state index in [-0.39, 0.29) is 17.1 Å². The first-order chi connectivity index (χ1) is 10.6. The van der Waals surface area contributed by atoms with E-state index in [0.29, 0.717) is 18.9 Å². The van der Waals surface area contributed by atoms with Crippen LogP contribution in [0.1, 0.15) is 18.4 Å². The number of nitrogens with one attached hydrogen (secondary N) is 3. The van der Waals surface area contributed by atoms with Gasteiger partial charge in [-0.2, -0.15) is 18.3 Å². The average Bonchev–Trinajstić information content (AvgIpc) is 3.20. The summed E-state index contributed by atoms with van der Waals surface area (Å²) in [6, 6.07) is 2.66. The molecule has 1 aliphatic carbocycles. The van der Waals surface area contributed by atoms with Crippen molar-refractivity contribution in [2.45, 2.75) is 24.3 Å². The van der Waals surface area contributed by atoms with Crippen LogP contribution in [0.3, 0.4) is 0 Å². The lowest BCUT2D eigenvalue weighted by Crippen LogP contribution is -2.18. The molecule has 124 valence electrons. The predicted octanol–water partition coefficient (Wildman–Crippen LogP) is 1.69. The number of sulfonamides is 1. The molecular weight excluding hydrogens is 337 g/mol. The van der Waals surface area contributed by atoms with Gasteiger partial charge in [-0.3, -0.25) is 9.71 Å². The Balaban J connectivity index is 2.06. The Kier molecular flexibility index (Phi) is 3.47. The van der Waals surface area contributed by atoms with Crippen molar-refractivity contribution in [3.8, 4) is 11.4 Å². The summed E-state index contributed by atoms with van der Waals surface area (Å²) in [5.41, 5.74) is -2.03. The summed E-state index contributed by atoms with van der Waals surface area (Å²) >= 11 is 0. The molecule has 1 aromatic heterocycles. The molecule has 11 heteroatoms. The van der Waals surface area contributed by atoms with Crippen LogP contribution in [0.4, 0.5) is 18.9 Å². The number of H-pyrrole nitrogens is 2. The number of aromatic nitrogens is 3. The summed E-state index contributed by atoms with van der Waals surface area (Å²) in [5.74, 6) is -0.118. The van der Waals surface area contributed by atoms with Crippen LogP contribution in [-0.2, 0) is 16.2 Å². The average molecular weight is 348 g/mol. The summed E-state index contributed by atoms with van der Waals surface area (Å²) in [6.07, 6.45) is -3.71.